The Morgan fingerprint density at radius 3 is 2.79 bits per heavy atom. The molecule has 4 heteroatoms. The number of hydrogen-bond acceptors (Lipinski definition) is 2. The highest BCUT2D eigenvalue weighted by Gasteiger charge is 2.42. The van der Waals surface area contributed by atoms with Crippen LogP contribution in [0, 0.1) is 12.3 Å². The van der Waals surface area contributed by atoms with E-state index in [9.17, 15) is 0 Å². The first-order valence-electron chi connectivity index (χ1n) is 5.05. The first kappa shape index (κ1) is 9.99. The van der Waals surface area contributed by atoms with Crippen molar-refractivity contribution in [2.24, 2.45) is 11.1 Å². The van der Waals surface area contributed by atoms with Gasteiger partial charge in [0, 0.05) is 12.7 Å². The van der Waals surface area contributed by atoms with Gasteiger partial charge in [-0.25, -0.2) is 0 Å². The van der Waals surface area contributed by atoms with Gasteiger partial charge in [-0.2, -0.15) is 5.10 Å². The van der Waals surface area contributed by atoms with Crippen molar-refractivity contribution in [1.29, 1.82) is 0 Å². The van der Waals surface area contributed by atoms with E-state index >= 15 is 0 Å². The highest BCUT2D eigenvalue weighted by molar-refractivity contribution is 6.31. The highest BCUT2D eigenvalue weighted by Crippen LogP contribution is 2.49. The van der Waals surface area contributed by atoms with Gasteiger partial charge in [0.15, 0.2) is 0 Å². The topological polar surface area (TPSA) is 43.8 Å². The summed E-state index contributed by atoms with van der Waals surface area (Å²) in [6.07, 6.45) is 5.57. The summed E-state index contributed by atoms with van der Waals surface area (Å²) < 4.78 is 1.96. The van der Waals surface area contributed by atoms with E-state index in [1.807, 2.05) is 17.8 Å². The summed E-state index contributed by atoms with van der Waals surface area (Å²) in [4.78, 5) is 0. The Labute approximate surface area is 89.2 Å². The lowest BCUT2D eigenvalue weighted by molar-refractivity contribution is 0.375. The fourth-order valence-corrected chi connectivity index (χ4v) is 2.04. The summed E-state index contributed by atoms with van der Waals surface area (Å²) in [5.41, 5.74) is 6.93. The molecule has 0 amide bonds. The molecule has 1 aliphatic carbocycles. The zero-order chi connectivity index (χ0) is 10.2. The summed E-state index contributed by atoms with van der Waals surface area (Å²) in [7, 11) is 0. The van der Waals surface area contributed by atoms with Crippen LogP contribution in [0.5, 0.6) is 0 Å². The van der Waals surface area contributed by atoms with Crippen LogP contribution in [-0.4, -0.2) is 16.3 Å². The lowest BCUT2D eigenvalue weighted by Crippen LogP contribution is -2.16. The molecule has 0 bridgehead atoms. The van der Waals surface area contributed by atoms with Crippen LogP contribution in [0.15, 0.2) is 6.20 Å². The van der Waals surface area contributed by atoms with Crippen LogP contribution in [0.1, 0.15) is 25.0 Å². The zero-order valence-electron chi connectivity index (χ0n) is 8.46. The third-order valence-electron chi connectivity index (χ3n) is 3.02. The number of hydrogen-bond donors (Lipinski definition) is 1. The monoisotopic (exact) mass is 213 g/mol. The van der Waals surface area contributed by atoms with Crippen molar-refractivity contribution in [2.75, 3.05) is 6.54 Å². The molecule has 0 aliphatic heterocycles. The van der Waals surface area contributed by atoms with Crippen LogP contribution in [-0.2, 0) is 6.54 Å². The van der Waals surface area contributed by atoms with E-state index in [4.69, 9.17) is 17.3 Å². The van der Waals surface area contributed by atoms with Crippen LogP contribution in [0.2, 0.25) is 5.02 Å². The molecule has 3 nitrogen and oxygen atoms in total. The van der Waals surface area contributed by atoms with Gasteiger partial charge in [-0.05, 0) is 38.1 Å². The summed E-state index contributed by atoms with van der Waals surface area (Å²) in [6.45, 7) is 3.67. The molecule has 1 heterocycles. The van der Waals surface area contributed by atoms with Gasteiger partial charge < -0.3 is 5.73 Å². The van der Waals surface area contributed by atoms with E-state index in [1.54, 1.807) is 0 Å². The second-order valence-corrected chi connectivity index (χ2v) is 4.71. The SMILES string of the molecule is Cc1nn(CC2(CCN)CC2)cc1Cl. The molecule has 0 unspecified atom stereocenters. The average molecular weight is 214 g/mol. The molecule has 2 N–H and O–H groups in total. The maximum atomic E-state index is 5.95. The number of aryl methyl sites for hydroxylation is 1. The van der Waals surface area contributed by atoms with Crippen LogP contribution in [0.25, 0.3) is 0 Å². The minimum Gasteiger partial charge on any atom is -0.330 e. The minimum atomic E-state index is 0.427. The molecule has 0 spiro atoms. The molecule has 78 valence electrons. The Balaban J connectivity index is 2.03. The summed E-state index contributed by atoms with van der Waals surface area (Å²) in [5.74, 6) is 0. The fraction of sp³-hybridized carbons (Fsp3) is 0.700. The molecule has 0 atom stereocenters. The maximum absolute atomic E-state index is 5.95. The zero-order valence-corrected chi connectivity index (χ0v) is 9.22. The Morgan fingerprint density at radius 1 is 1.64 bits per heavy atom. The van der Waals surface area contributed by atoms with Gasteiger partial charge in [0.2, 0.25) is 0 Å². The van der Waals surface area contributed by atoms with Gasteiger partial charge in [-0.1, -0.05) is 11.6 Å². The molecular formula is C10H16ClN3. The molecule has 1 aliphatic rings. The summed E-state index contributed by atoms with van der Waals surface area (Å²) in [5, 5.41) is 5.12. The fourth-order valence-electron chi connectivity index (χ4n) is 1.89. The molecule has 1 fully saturated rings. The van der Waals surface area contributed by atoms with Crippen molar-refractivity contribution in [2.45, 2.75) is 32.7 Å². The Kier molecular flexibility index (Phi) is 2.54. The number of nitrogens with zero attached hydrogens (tertiary/aromatic N) is 2. The first-order chi connectivity index (χ1) is 6.65. The lowest BCUT2D eigenvalue weighted by Gasteiger charge is -2.13. The average Bonchev–Trinajstić information content (AvgIpc) is 2.77. The molecule has 1 aromatic heterocycles. The molecule has 0 aromatic carbocycles. The number of nitrogens with two attached hydrogens (primary N) is 1. The summed E-state index contributed by atoms with van der Waals surface area (Å²) in [6, 6.07) is 0. The van der Waals surface area contributed by atoms with Gasteiger partial charge in [0.1, 0.15) is 0 Å². The van der Waals surface area contributed by atoms with E-state index < -0.39 is 0 Å². The number of halogens is 1. The van der Waals surface area contributed by atoms with Crippen molar-refractivity contribution in [3.63, 3.8) is 0 Å². The molecule has 0 radical (unpaired) electrons. The predicted octanol–water partition coefficient (Wildman–Crippen LogP) is 1.97. The van der Waals surface area contributed by atoms with E-state index in [1.165, 1.54) is 12.8 Å². The van der Waals surface area contributed by atoms with Gasteiger partial charge in [0.05, 0.1) is 10.7 Å². The largest absolute Gasteiger partial charge is 0.330 e. The Bertz CT molecular complexity index is 309. The third-order valence-corrected chi connectivity index (χ3v) is 3.39. The van der Waals surface area contributed by atoms with E-state index in [0.29, 0.717) is 5.41 Å². The molecule has 14 heavy (non-hydrogen) atoms. The smallest absolute Gasteiger partial charge is 0.0814 e. The highest BCUT2D eigenvalue weighted by atomic mass is 35.5. The molecule has 1 aromatic rings. The van der Waals surface area contributed by atoms with E-state index in [0.717, 1.165) is 30.2 Å². The van der Waals surface area contributed by atoms with Crippen molar-refractivity contribution >= 4 is 11.6 Å². The Morgan fingerprint density at radius 2 is 2.36 bits per heavy atom. The van der Waals surface area contributed by atoms with Crippen molar-refractivity contribution < 1.29 is 0 Å². The number of rotatable bonds is 4. The second-order valence-electron chi connectivity index (χ2n) is 4.30. The van der Waals surface area contributed by atoms with Crippen LogP contribution < -0.4 is 5.73 Å². The maximum Gasteiger partial charge on any atom is 0.0814 e. The molecule has 0 saturated heterocycles. The van der Waals surface area contributed by atoms with E-state index in [-0.39, 0.29) is 0 Å². The van der Waals surface area contributed by atoms with Crippen LogP contribution in [0.4, 0.5) is 0 Å². The summed E-state index contributed by atoms with van der Waals surface area (Å²) >= 11 is 5.95. The first-order valence-corrected chi connectivity index (χ1v) is 5.43. The van der Waals surface area contributed by atoms with Gasteiger partial charge in [-0.3, -0.25) is 4.68 Å². The minimum absolute atomic E-state index is 0.427. The normalized spacial score (nSPS) is 18.5. The second kappa shape index (κ2) is 3.55. The third kappa shape index (κ3) is 1.93. The van der Waals surface area contributed by atoms with Crippen LogP contribution >= 0.6 is 11.6 Å². The quantitative estimate of drug-likeness (QED) is 0.831. The molecule has 2 rings (SSSR count). The lowest BCUT2D eigenvalue weighted by atomic mass is 10.0. The molecular weight excluding hydrogens is 198 g/mol. The van der Waals surface area contributed by atoms with E-state index in [2.05, 4.69) is 5.10 Å². The van der Waals surface area contributed by atoms with Gasteiger partial charge in [-0.15, -0.1) is 0 Å². The Hall–Kier alpha value is -0.540. The number of aromatic nitrogens is 2. The van der Waals surface area contributed by atoms with Gasteiger partial charge >= 0.3 is 0 Å². The van der Waals surface area contributed by atoms with Crippen molar-refractivity contribution in [3.05, 3.63) is 16.9 Å². The molecule has 1 saturated carbocycles. The van der Waals surface area contributed by atoms with Gasteiger partial charge in [0.25, 0.3) is 0 Å². The standard InChI is InChI=1S/C10H16ClN3/c1-8-9(11)6-14(13-8)7-10(2-3-10)4-5-12/h6H,2-5,7,12H2,1H3. The van der Waals surface area contributed by atoms with Crippen molar-refractivity contribution in [1.82, 2.24) is 9.78 Å². The van der Waals surface area contributed by atoms with Crippen LogP contribution in [0.3, 0.4) is 0 Å². The van der Waals surface area contributed by atoms with Crippen molar-refractivity contribution in [3.8, 4) is 0 Å². The predicted molar refractivity (Wildman–Crippen MR) is 57.3 cm³/mol.